The fourth-order valence-electron chi connectivity index (χ4n) is 2.97. The number of carbonyl (C=O) groups is 1. The largest absolute Gasteiger partial charge is 0.394 e. The maximum atomic E-state index is 11.4. The Kier molecular flexibility index (Phi) is 7.27. The molecule has 0 aliphatic carbocycles. The average Bonchev–Trinajstić information content (AvgIpc) is 2.60. The number of hydrogen-bond acceptors (Lipinski definition) is 11. The number of carbonyl (C=O) groups excluding carboxylic acids is 1. The molecule has 0 unspecified atom stereocenters. The predicted octanol–water partition coefficient (Wildman–Crippen LogP) is -5.25. The Hall–Kier alpha value is -0.930. The minimum Gasteiger partial charge on any atom is -0.394 e. The van der Waals surface area contributed by atoms with Gasteiger partial charge in [0.1, 0.15) is 48.8 Å². The number of aliphatic hydroxyl groups is 7. The molecule has 8 N–H and O–H groups in total. The van der Waals surface area contributed by atoms with Gasteiger partial charge in [-0.15, -0.1) is 0 Å². The number of ether oxygens (including phenoxy) is 3. The molecule has 1 amide bonds. The van der Waals surface area contributed by atoms with Crippen LogP contribution in [0.15, 0.2) is 0 Å². The van der Waals surface area contributed by atoms with Gasteiger partial charge in [0.05, 0.1) is 13.2 Å². The van der Waals surface area contributed by atoms with Crippen LogP contribution in [-0.4, -0.2) is 116 Å². The second kappa shape index (κ2) is 8.84. The van der Waals surface area contributed by atoms with Crippen LogP contribution in [0.1, 0.15) is 6.92 Å². The third-order valence-electron chi connectivity index (χ3n) is 4.38. The molecule has 0 radical (unpaired) electrons. The van der Waals surface area contributed by atoms with E-state index in [0.717, 1.165) is 6.92 Å². The summed E-state index contributed by atoms with van der Waals surface area (Å²) >= 11 is 0. The van der Waals surface area contributed by atoms with Crippen LogP contribution in [0.5, 0.6) is 0 Å². The van der Waals surface area contributed by atoms with E-state index < -0.39 is 80.5 Å². The fourth-order valence-corrected chi connectivity index (χ4v) is 2.97. The summed E-state index contributed by atoms with van der Waals surface area (Å²) in [5.74, 6) is -0.581. The van der Waals surface area contributed by atoms with Gasteiger partial charge in [-0.3, -0.25) is 4.79 Å². The van der Waals surface area contributed by atoms with Gasteiger partial charge in [0.25, 0.3) is 0 Å². The lowest BCUT2D eigenvalue weighted by Crippen LogP contribution is -2.67. The fraction of sp³-hybridized carbons (Fsp3) is 0.929. The molecule has 2 fully saturated rings. The Bertz CT molecular complexity index is 480. The lowest BCUT2D eigenvalue weighted by atomic mass is 9.95. The van der Waals surface area contributed by atoms with Crippen LogP contribution < -0.4 is 5.32 Å². The van der Waals surface area contributed by atoms with Gasteiger partial charge in [0.15, 0.2) is 12.6 Å². The molecule has 0 bridgehead atoms. The standard InChI is InChI=1S/C14H25NO11/c1-4(18)15-7-10(21)8(19)5(2-16)25-14(7)26-12-9(20)6(3-17)24-13(23)11(12)22/h5-14,16-17,19-23H,2-3H2,1H3,(H,15,18)/t5-,6-,7-,8-,9-,10-,11+,12+,13+,14+/m1/s1. The van der Waals surface area contributed by atoms with Crippen molar-refractivity contribution < 1.29 is 54.8 Å². The summed E-state index contributed by atoms with van der Waals surface area (Å²) in [6.07, 6.45) is -13.7. The van der Waals surface area contributed by atoms with Crippen molar-refractivity contribution in [1.29, 1.82) is 0 Å². The normalized spacial score (nSPS) is 46.8. The summed E-state index contributed by atoms with van der Waals surface area (Å²) < 4.78 is 15.6. The lowest BCUT2D eigenvalue weighted by Gasteiger charge is -2.46. The van der Waals surface area contributed by atoms with Gasteiger partial charge in [0.2, 0.25) is 5.91 Å². The maximum absolute atomic E-state index is 11.4. The molecule has 152 valence electrons. The van der Waals surface area contributed by atoms with Crippen molar-refractivity contribution >= 4 is 5.91 Å². The van der Waals surface area contributed by atoms with Gasteiger partial charge >= 0.3 is 0 Å². The van der Waals surface area contributed by atoms with E-state index in [1.165, 1.54) is 0 Å². The molecule has 12 heteroatoms. The van der Waals surface area contributed by atoms with Crippen LogP contribution in [0.2, 0.25) is 0 Å². The topological polar surface area (TPSA) is 198 Å². The van der Waals surface area contributed by atoms with E-state index in [1.807, 2.05) is 0 Å². The van der Waals surface area contributed by atoms with Crippen molar-refractivity contribution in [3.63, 3.8) is 0 Å². The summed E-state index contributed by atoms with van der Waals surface area (Å²) in [5, 5.41) is 70.8. The SMILES string of the molecule is CC(=O)N[C@H]1[C@H](O[C@@H]2[C@H](O)[C@@H](O)O[C@H](CO)[C@H]2O)O[C@H](CO)[C@@H](O)[C@@H]1O. The highest BCUT2D eigenvalue weighted by molar-refractivity contribution is 5.73. The van der Waals surface area contributed by atoms with E-state index in [9.17, 15) is 40.5 Å². The Labute approximate surface area is 148 Å². The van der Waals surface area contributed by atoms with Crippen molar-refractivity contribution in [1.82, 2.24) is 5.32 Å². The summed E-state index contributed by atoms with van der Waals surface area (Å²) in [5.41, 5.74) is 0. The third-order valence-corrected chi connectivity index (χ3v) is 4.38. The molecule has 2 heterocycles. The predicted molar refractivity (Wildman–Crippen MR) is 80.2 cm³/mol. The monoisotopic (exact) mass is 383 g/mol. The summed E-state index contributed by atoms with van der Waals surface area (Å²) in [6.45, 7) is -0.199. The number of amides is 1. The van der Waals surface area contributed by atoms with Crippen LogP contribution in [0, 0.1) is 0 Å². The first kappa shape index (κ1) is 21.4. The van der Waals surface area contributed by atoms with Crippen LogP contribution in [0.4, 0.5) is 0 Å². The van der Waals surface area contributed by atoms with E-state index in [-0.39, 0.29) is 0 Å². The molecule has 0 spiro atoms. The number of rotatable bonds is 5. The van der Waals surface area contributed by atoms with Crippen LogP contribution >= 0.6 is 0 Å². The van der Waals surface area contributed by atoms with Crippen molar-refractivity contribution in [2.45, 2.75) is 68.3 Å². The van der Waals surface area contributed by atoms with Crippen LogP contribution in [0.3, 0.4) is 0 Å². The average molecular weight is 383 g/mol. The molecule has 0 aromatic heterocycles. The maximum Gasteiger partial charge on any atom is 0.217 e. The van der Waals surface area contributed by atoms with Gasteiger partial charge in [-0.2, -0.15) is 0 Å². The second-order valence-electron chi connectivity index (χ2n) is 6.26. The molecule has 0 aromatic rings. The number of nitrogens with one attached hydrogen (secondary N) is 1. The number of aliphatic hydroxyl groups excluding tert-OH is 7. The molecular formula is C14H25NO11. The van der Waals surface area contributed by atoms with Crippen LogP contribution in [-0.2, 0) is 19.0 Å². The minimum absolute atomic E-state index is 0.581. The third kappa shape index (κ3) is 4.31. The molecular weight excluding hydrogens is 358 g/mol. The number of hydrogen-bond donors (Lipinski definition) is 8. The highest BCUT2D eigenvalue weighted by Crippen LogP contribution is 2.28. The van der Waals surface area contributed by atoms with Crippen molar-refractivity contribution in [3.05, 3.63) is 0 Å². The first-order valence-electron chi connectivity index (χ1n) is 8.06. The first-order chi connectivity index (χ1) is 12.2. The molecule has 2 saturated heterocycles. The zero-order chi connectivity index (χ0) is 19.6. The highest BCUT2D eigenvalue weighted by atomic mass is 16.7. The van der Waals surface area contributed by atoms with E-state index in [1.54, 1.807) is 0 Å². The smallest absolute Gasteiger partial charge is 0.217 e. The Balaban J connectivity index is 2.22. The molecule has 2 rings (SSSR count). The highest BCUT2D eigenvalue weighted by Gasteiger charge is 2.50. The molecule has 0 saturated carbocycles. The summed E-state index contributed by atoms with van der Waals surface area (Å²) in [6, 6.07) is -1.29. The van der Waals surface area contributed by atoms with Crippen molar-refractivity contribution in [2.24, 2.45) is 0 Å². The molecule has 26 heavy (non-hydrogen) atoms. The van der Waals surface area contributed by atoms with Crippen molar-refractivity contribution in [2.75, 3.05) is 13.2 Å². The lowest BCUT2D eigenvalue weighted by molar-refractivity contribution is -0.341. The minimum atomic E-state index is -1.77. The second-order valence-corrected chi connectivity index (χ2v) is 6.26. The molecule has 2 aliphatic heterocycles. The van der Waals surface area contributed by atoms with Gasteiger partial charge in [-0.05, 0) is 0 Å². The first-order valence-corrected chi connectivity index (χ1v) is 8.06. The zero-order valence-electron chi connectivity index (χ0n) is 14.0. The molecule has 10 atom stereocenters. The summed E-state index contributed by atoms with van der Waals surface area (Å²) in [7, 11) is 0. The van der Waals surface area contributed by atoms with Gasteiger partial charge in [-0.25, -0.2) is 0 Å². The van der Waals surface area contributed by atoms with E-state index in [2.05, 4.69) is 5.32 Å². The summed E-state index contributed by atoms with van der Waals surface area (Å²) in [4.78, 5) is 11.4. The van der Waals surface area contributed by atoms with Gasteiger partial charge in [-0.1, -0.05) is 0 Å². The molecule has 2 aliphatic rings. The van der Waals surface area contributed by atoms with E-state index >= 15 is 0 Å². The van der Waals surface area contributed by atoms with E-state index in [0.29, 0.717) is 0 Å². The van der Waals surface area contributed by atoms with Crippen LogP contribution in [0.25, 0.3) is 0 Å². The molecule has 0 aromatic carbocycles. The van der Waals surface area contributed by atoms with Gasteiger partial charge in [0, 0.05) is 6.92 Å². The Morgan fingerprint density at radius 1 is 0.923 bits per heavy atom. The Morgan fingerprint density at radius 3 is 2.04 bits per heavy atom. The Morgan fingerprint density at radius 2 is 1.50 bits per heavy atom. The van der Waals surface area contributed by atoms with Gasteiger partial charge < -0.3 is 55.3 Å². The van der Waals surface area contributed by atoms with E-state index in [4.69, 9.17) is 14.2 Å². The van der Waals surface area contributed by atoms with Crippen molar-refractivity contribution in [3.8, 4) is 0 Å². The molecule has 12 nitrogen and oxygen atoms in total. The quantitative estimate of drug-likeness (QED) is 0.226. The zero-order valence-corrected chi connectivity index (χ0v) is 14.0.